The first-order chi connectivity index (χ1) is 9.22. The number of nitrogens with zero attached hydrogens (tertiary/aromatic N) is 2. The van der Waals surface area contributed by atoms with E-state index in [2.05, 4.69) is 40.8 Å². The molecule has 2 rings (SSSR count). The summed E-state index contributed by atoms with van der Waals surface area (Å²) in [6.45, 7) is 5.69. The number of hydrogen-bond donors (Lipinski definition) is 1. The molecule has 2 aromatic rings. The lowest BCUT2D eigenvalue weighted by Gasteiger charge is -2.14. The largest absolute Gasteiger partial charge is 0.380 e. The molecule has 1 heterocycles. The molecular weight excluding hydrogens is 238 g/mol. The van der Waals surface area contributed by atoms with Gasteiger partial charge in [-0.15, -0.1) is 0 Å². The van der Waals surface area contributed by atoms with Crippen LogP contribution in [0.4, 0.5) is 5.69 Å². The predicted octanol–water partition coefficient (Wildman–Crippen LogP) is 3.22. The minimum absolute atomic E-state index is 0.425. The van der Waals surface area contributed by atoms with Gasteiger partial charge in [0.15, 0.2) is 0 Å². The van der Waals surface area contributed by atoms with Crippen LogP contribution in [-0.4, -0.2) is 16.7 Å². The first-order valence-corrected chi connectivity index (χ1v) is 6.53. The van der Waals surface area contributed by atoms with E-state index in [0.29, 0.717) is 12.6 Å². The zero-order valence-electron chi connectivity index (χ0n) is 11.8. The van der Waals surface area contributed by atoms with E-state index in [-0.39, 0.29) is 0 Å². The highest BCUT2D eigenvalue weighted by Crippen LogP contribution is 2.17. The highest BCUT2D eigenvalue weighted by molar-refractivity contribution is 5.50. The van der Waals surface area contributed by atoms with Crippen LogP contribution in [-0.2, 0) is 17.9 Å². The topological polar surface area (TPSA) is 39.1 Å². The van der Waals surface area contributed by atoms with E-state index < -0.39 is 0 Å². The minimum Gasteiger partial charge on any atom is -0.380 e. The van der Waals surface area contributed by atoms with Crippen LogP contribution in [0.15, 0.2) is 36.8 Å². The number of nitrogens with one attached hydrogen (secondary N) is 1. The van der Waals surface area contributed by atoms with Gasteiger partial charge in [0.2, 0.25) is 0 Å². The smallest absolute Gasteiger partial charge is 0.0951 e. The summed E-state index contributed by atoms with van der Waals surface area (Å²) >= 11 is 0. The van der Waals surface area contributed by atoms with Gasteiger partial charge in [-0.1, -0.05) is 18.2 Å². The number of methoxy groups -OCH3 is 1. The Morgan fingerprint density at radius 2 is 2.11 bits per heavy atom. The molecule has 1 N–H and O–H groups in total. The molecule has 0 saturated carbocycles. The van der Waals surface area contributed by atoms with Gasteiger partial charge in [0, 0.05) is 30.6 Å². The summed E-state index contributed by atoms with van der Waals surface area (Å²) in [7, 11) is 1.71. The molecule has 0 unspecified atom stereocenters. The lowest BCUT2D eigenvalue weighted by Crippen LogP contribution is -2.09. The molecule has 0 amide bonds. The van der Waals surface area contributed by atoms with Crippen LogP contribution in [0, 0.1) is 0 Å². The van der Waals surface area contributed by atoms with Crippen LogP contribution in [0.3, 0.4) is 0 Å². The molecule has 0 radical (unpaired) electrons. The number of anilines is 1. The molecule has 0 aliphatic carbocycles. The summed E-state index contributed by atoms with van der Waals surface area (Å²) in [5, 5.41) is 3.45. The number of para-hydroxylation sites is 1. The number of aromatic nitrogens is 2. The number of benzene rings is 1. The highest BCUT2D eigenvalue weighted by atomic mass is 16.5. The van der Waals surface area contributed by atoms with Crippen molar-refractivity contribution in [3.05, 3.63) is 48.0 Å². The molecule has 102 valence electrons. The van der Waals surface area contributed by atoms with E-state index in [1.807, 2.05) is 24.7 Å². The normalized spacial score (nSPS) is 10.9. The molecule has 0 aliphatic heterocycles. The zero-order chi connectivity index (χ0) is 13.7. The van der Waals surface area contributed by atoms with Crippen LogP contribution < -0.4 is 5.32 Å². The molecule has 0 fully saturated rings. The molecular formula is C15H21N3O. The Labute approximate surface area is 114 Å². The second-order valence-electron chi connectivity index (χ2n) is 4.83. The summed E-state index contributed by atoms with van der Waals surface area (Å²) in [6, 6.07) is 8.63. The van der Waals surface area contributed by atoms with Gasteiger partial charge in [-0.3, -0.25) is 0 Å². The molecule has 0 atom stereocenters. The molecule has 0 bridgehead atoms. The van der Waals surface area contributed by atoms with Gasteiger partial charge in [-0.05, 0) is 19.9 Å². The SMILES string of the molecule is COCc1ccccc1NCc1cncn1C(C)C. The Morgan fingerprint density at radius 3 is 2.84 bits per heavy atom. The maximum atomic E-state index is 5.21. The van der Waals surface area contributed by atoms with Crippen LogP contribution in [0.1, 0.15) is 31.1 Å². The summed E-state index contributed by atoms with van der Waals surface area (Å²) < 4.78 is 7.38. The van der Waals surface area contributed by atoms with Gasteiger partial charge in [-0.2, -0.15) is 0 Å². The maximum Gasteiger partial charge on any atom is 0.0951 e. The molecule has 0 aliphatic rings. The minimum atomic E-state index is 0.425. The van der Waals surface area contributed by atoms with Gasteiger partial charge < -0.3 is 14.6 Å². The molecule has 19 heavy (non-hydrogen) atoms. The van der Waals surface area contributed by atoms with Crippen molar-refractivity contribution in [3.63, 3.8) is 0 Å². The Balaban J connectivity index is 2.08. The van der Waals surface area contributed by atoms with Crippen molar-refractivity contribution in [2.75, 3.05) is 12.4 Å². The van der Waals surface area contributed by atoms with Crippen molar-refractivity contribution in [1.29, 1.82) is 0 Å². The van der Waals surface area contributed by atoms with Crippen LogP contribution >= 0.6 is 0 Å². The van der Waals surface area contributed by atoms with E-state index >= 15 is 0 Å². The van der Waals surface area contributed by atoms with E-state index in [1.165, 1.54) is 11.3 Å². The van der Waals surface area contributed by atoms with E-state index in [9.17, 15) is 0 Å². The van der Waals surface area contributed by atoms with E-state index in [1.54, 1.807) is 7.11 Å². The van der Waals surface area contributed by atoms with Crippen LogP contribution in [0.2, 0.25) is 0 Å². The van der Waals surface area contributed by atoms with Crippen molar-refractivity contribution >= 4 is 5.69 Å². The number of ether oxygens (including phenoxy) is 1. The quantitative estimate of drug-likeness (QED) is 0.865. The van der Waals surface area contributed by atoms with E-state index in [0.717, 1.165) is 12.2 Å². The van der Waals surface area contributed by atoms with Gasteiger partial charge in [-0.25, -0.2) is 4.98 Å². The van der Waals surface area contributed by atoms with Crippen molar-refractivity contribution in [3.8, 4) is 0 Å². The summed E-state index contributed by atoms with van der Waals surface area (Å²) in [6.07, 6.45) is 3.79. The van der Waals surface area contributed by atoms with Crippen LogP contribution in [0.25, 0.3) is 0 Å². The van der Waals surface area contributed by atoms with Gasteiger partial charge in [0.1, 0.15) is 0 Å². The van der Waals surface area contributed by atoms with E-state index in [4.69, 9.17) is 4.74 Å². The fraction of sp³-hybridized carbons (Fsp3) is 0.400. The Morgan fingerprint density at radius 1 is 1.32 bits per heavy atom. The lowest BCUT2D eigenvalue weighted by molar-refractivity contribution is 0.185. The van der Waals surface area contributed by atoms with Gasteiger partial charge in [0.25, 0.3) is 0 Å². The summed E-state index contributed by atoms with van der Waals surface area (Å²) in [5.74, 6) is 0. The lowest BCUT2D eigenvalue weighted by atomic mass is 10.2. The number of imidazole rings is 1. The standard InChI is InChI=1S/C15H21N3O/c1-12(2)18-11-16-8-14(18)9-17-15-7-5-4-6-13(15)10-19-3/h4-8,11-12,17H,9-10H2,1-3H3. The fourth-order valence-electron chi connectivity index (χ4n) is 2.09. The highest BCUT2D eigenvalue weighted by Gasteiger charge is 2.06. The van der Waals surface area contributed by atoms with Gasteiger partial charge in [0.05, 0.1) is 25.2 Å². The summed E-state index contributed by atoms with van der Waals surface area (Å²) in [4.78, 5) is 4.21. The molecule has 0 spiro atoms. The molecule has 4 heteroatoms. The monoisotopic (exact) mass is 259 g/mol. The molecule has 0 saturated heterocycles. The fourth-order valence-corrected chi connectivity index (χ4v) is 2.09. The predicted molar refractivity (Wildman–Crippen MR) is 77.1 cm³/mol. The number of rotatable bonds is 6. The van der Waals surface area contributed by atoms with Crippen LogP contribution in [0.5, 0.6) is 0 Å². The van der Waals surface area contributed by atoms with Crippen molar-refractivity contribution < 1.29 is 4.74 Å². The maximum absolute atomic E-state index is 5.21. The zero-order valence-corrected chi connectivity index (χ0v) is 11.8. The third kappa shape index (κ3) is 3.35. The Hall–Kier alpha value is -1.81. The van der Waals surface area contributed by atoms with Crippen molar-refractivity contribution in [2.45, 2.75) is 33.0 Å². The molecule has 1 aromatic carbocycles. The molecule has 4 nitrogen and oxygen atoms in total. The van der Waals surface area contributed by atoms with Gasteiger partial charge >= 0.3 is 0 Å². The third-order valence-electron chi connectivity index (χ3n) is 3.08. The number of hydrogen-bond acceptors (Lipinski definition) is 3. The third-order valence-corrected chi connectivity index (χ3v) is 3.08. The van der Waals surface area contributed by atoms with Crippen molar-refractivity contribution in [2.24, 2.45) is 0 Å². The second-order valence-corrected chi connectivity index (χ2v) is 4.83. The summed E-state index contributed by atoms with van der Waals surface area (Å²) in [5.41, 5.74) is 3.46. The average molecular weight is 259 g/mol. The average Bonchev–Trinajstić information content (AvgIpc) is 2.86. The Bertz CT molecular complexity index is 520. The first-order valence-electron chi connectivity index (χ1n) is 6.53. The molecule has 1 aromatic heterocycles. The Kier molecular flexibility index (Phi) is 4.58. The second kappa shape index (κ2) is 6.38. The first kappa shape index (κ1) is 13.6. The van der Waals surface area contributed by atoms with Crippen molar-refractivity contribution in [1.82, 2.24) is 9.55 Å².